The molecule has 0 bridgehead atoms. The summed E-state index contributed by atoms with van der Waals surface area (Å²) in [5, 5.41) is 23.4. The van der Waals surface area contributed by atoms with E-state index in [1.807, 2.05) is 26.2 Å². The highest BCUT2D eigenvalue weighted by atomic mass is 32.2. The molecule has 0 aliphatic carbocycles. The van der Waals surface area contributed by atoms with Crippen molar-refractivity contribution in [2.45, 2.75) is 78.7 Å². The van der Waals surface area contributed by atoms with E-state index in [1.54, 1.807) is 13.2 Å². The summed E-state index contributed by atoms with van der Waals surface area (Å²) in [6.07, 6.45) is 7.27. The number of ether oxygens (including phenoxy) is 1. The van der Waals surface area contributed by atoms with Crippen molar-refractivity contribution in [2.24, 2.45) is 4.99 Å². The van der Waals surface area contributed by atoms with Gasteiger partial charge in [-0.15, -0.1) is 11.8 Å². The van der Waals surface area contributed by atoms with Gasteiger partial charge in [0, 0.05) is 18.0 Å². The standard InChI is InChI=1S/C13H17N5O2S.C12H28N/c1-5-18-13(15-16-17-18)14-12(19)9-7-6-8(2)11(21-4)10(9)20-3;1-5-9-13(10-6-2,11-7-3)12-8-4/h6-7H,5H2,1-4H3,(H,14,15,17,19);5-12H2,1-4H3/q;+1/p-1. The van der Waals surface area contributed by atoms with E-state index in [4.69, 9.17) is 4.74 Å². The van der Waals surface area contributed by atoms with E-state index >= 15 is 0 Å². The Morgan fingerprint density at radius 2 is 1.59 bits per heavy atom. The predicted molar refractivity (Wildman–Crippen MR) is 140 cm³/mol. The van der Waals surface area contributed by atoms with E-state index in [-0.39, 0.29) is 5.95 Å². The predicted octanol–water partition coefficient (Wildman–Crippen LogP) is 4.61. The summed E-state index contributed by atoms with van der Waals surface area (Å²) in [4.78, 5) is 4.90. The van der Waals surface area contributed by atoms with Crippen LogP contribution in [0, 0.1) is 6.92 Å². The molecule has 0 aliphatic rings. The molecule has 2 rings (SSSR count). The van der Waals surface area contributed by atoms with Gasteiger partial charge in [-0.25, -0.2) is 9.67 Å². The summed E-state index contributed by atoms with van der Waals surface area (Å²) in [6.45, 7) is 19.2. The second-order valence-electron chi connectivity index (χ2n) is 8.44. The van der Waals surface area contributed by atoms with Crippen LogP contribution in [-0.4, -0.2) is 70.1 Å². The zero-order valence-electron chi connectivity index (χ0n) is 22.4. The number of rotatable bonds is 13. The molecule has 0 saturated carbocycles. The molecule has 1 aromatic carbocycles. The third-order valence-corrected chi connectivity index (χ3v) is 6.67. The second kappa shape index (κ2) is 15.7. The smallest absolute Gasteiger partial charge is 0.268 e. The van der Waals surface area contributed by atoms with Gasteiger partial charge in [0.2, 0.25) is 0 Å². The first kappa shape index (κ1) is 29.9. The van der Waals surface area contributed by atoms with Gasteiger partial charge in [-0.05, 0) is 67.8 Å². The minimum Gasteiger partial charge on any atom is -0.858 e. The van der Waals surface area contributed by atoms with Crippen LogP contribution in [0.1, 0.15) is 71.4 Å². The first-order valence-electron chi connectivity index (χ1n) is 12.5. The fourth-order valence-corrected chi connectivity index (χ4v) is 5.26. The quantitative estimate of drug-likeness (QED) is 0.176. The lowest BCUT2D eigenvalue weighted by atomic mass is 10.1. The highest BCUT2D eigenvalue weighted by molar-refractivity contribution is 7.98. The van der Waals surface area contributed by atoms with Crippen LogP contribution < -0.4 is 9.84 Å². The maximum absolute atomic E-state index is 12.4. The molecule has 0 unspecified atom stereocenters. The van der Waals surface area contributed by atoms with Crippen LogP contribution in [0.2, 0.25) is 0 Å². The molecule has 1 aromatic heterocycles. The van der Waals surface area contributed by atoms with E-state index < -0.39 is 5.90 Å². The SMILES string of the molecule is CCC[N+](CCC)(CCC)CCC.CCn1nnnc1N=C([O-])c1ccc(C)c(SC)c1OC. The minimum absolute atomic E-state index is 0.191. The average molecular weight is 493 g/mol. The maximum Gasteiger partial charge on any atom is 0.268 e. The van der Waals surface area contributed by atoms with Gasteiger partial charge in [-0.3, -0.25) is 0 Å². The van der Waals surface area contributed by atoms with E-state index in [2.05, 4.69) is 48.2 Å². The van der Waals surface area contributed by atoms with Crippen LogP contribution in [0.3, 0.4) is 0 Å². The maximum atomic E-state index is 12.4. The van der Waals surface area contributed by atoms with Gasteiger partial charge >= 0.3 is 0 Å². The Labute approximate surface area is 210 Å². The number of methoxy groups -OCH3 is 1. The molecular formula is C25H44N6O2S. The lowest BCUT2D eigenvalue weighted by molar-refractivity contribution is -0.928. The molecule has 0 saturated heterocycles. The lowest BCUT2D eigenvalue weighted by Crippen LogP contribution is -2.50. The van der Waals surface area contributed by atoms with Crippen LogP contribution in [-0.2, 0) is 6.54 Å². The normalized spacial score (nSPS) is 11.8. The fourth-order valence-electron chi connectivity index (χ4n) is 4.49. The largest absolute Gasteiger partial charge is 0.858 e. The van der Waals surface area contributed by atoms with Crippen molar-refractivity contribution < 1.29 is 14.3 Å². The summed E-state index contributed by atoms with van der Waals surface area (Å²) >= 11 is 1.53. The molecule has 0 aliphatic heterocycles. The van der Waals surface area contributed by atoms with E-state index in [0.717, 1.165) is 10.5 Å². The highest BCUT2D eigenvalue weighted by Crippen LogP contribution is 2.34. The van der Waals surface area contributed by atoms with E-state index in [9.17, 15) is 5.11 Å². The number of hydrogen-bond acceptors (Lipinski definition) is 7. The summed E-state index contributed by atoms with van der Waals surface area (Å²) in [5.41, 5.74) is 1.45. The molecule has 0 amide bonds. The Kier molecular flexibility index (Phi) is 13.8. The molecule has 0 atom stereocenters. The van der Waals surface area contributed by atoms with Crippen LogP contribution in [0.5, 0.6) is 5.75 Å². The number of nitrogens with zero attached hydrogens (tertiary/aromatic N) is 6. The first-order chi connectivity index (χ1) is 16.4. The Morgan fingerprint density at radius 1 is 1.03 bits per heavy atom. The van der Waals surface area contributed by atoms with Crippen LogP contribution in [0.25, 0.3) is 0 Å². The van der Waals surface area contributed by atoms with Gasteiger partial charge in [0.15, 0.2) is 0 Å². The Balaban J connectivity index is 0.000000385. The number of aromatic nitrogens is 4. The Morgan fingerprint density at radius 3 is 2.03 bits per heavy atom. The van der Waals surface area contributed by atoms with Crippen molar-refractivity contribution in [1.29, 1.82) is 0 Å². The van der Waals surface area contributed by atoms with Crippen molar-refractivity contribution in [2.75, 3.05) is 39.5 Å². The summed E-state index contributed by atoms with van der Waals surface area (Å²) in [7, 11) is 1.54. The van der Waals surface area contributed by atoms with Crippen molar-refractivity contribution >= 4 is 23.6 Å². The van der Waals surface area contributed by atoms with Gasteiger partial charge in [0.25, 0.3) is 5.95 Å². The number of aryl methyl sites for hydroxylation is 2. The molecule has 0 radical (unpaired) electrons. The Bertz CT molecular complexity index is 855. The number of benzene rings is 1. The monoisotopic (exact) mass is 492 g/mol. The van der Waals surface area contributed by atoms with Crippen LogP contribution in [0.4, 0.5) is 5.95 Å². The molecule has 9 heteroatoms. The van der Waals surface area contributed by atoms with Crippen molar-refractivity contribution in [3.8, 4) is 5.75 Å². The number of tetrazole rings is 1. The Hall–Kier alpha value is -2.13. The topological polar surface area (TPSA) is 88.2 Å². The number of hydrogen-bond donors (Lipinski definition) is 0. The zero-order valence-corrected chi connectivity index (χ0v) is 23.2. The summed E-state index contributed by atoms with van der Waals surface area (Å²) < 4.78 is 8.21. The van der Waals surface area contributed by atoms with Crippen molar-refractivity contribution in [3.63, 3.8) is 0 Å². The molecule has 192 valence electrons. The summed E-state index contributed by atoms with van der Waals surface area (Å²) in [6, 6.07) is 3.58. The summed E-state index contributed by atoms with van der Waals surface area (Å²) in [5.74, 6) is 0.300. The van der Waals surface area contributed by atoms with Crippen LogP contribution >= 0.6 is 11.8 Å². The van der Waals surface area contributed by atoms with Crippen LogP contribution in [0.15, 0.2) is 22.0 Å². The molecule has 2 aromatic rings. The first-order valence-corrected chi connectivity index (χ1v) is 13.7. The third kappa shape index (κ3) is 8.27. The highest BCUT2D eigenvalue weighted by Gasteiger charge is 2.22. The van der Waals surface area contributed by atoms with E-state index in [0.29, 0.717) is 17.9 Å². The van der Waals surface area contributed by atoms with Gasteiger partial charge in [0.05, 0.1) is 38.2 Å². The number of aliphatic imine (C=N–C) groups is 1. The molecule has 34 heavy (non-hydrogen) atoms. The zero-order chi connectivity index (χ0) is 25.6. The van der Waals surface area contributed by atoms with Gasteiger partial charge in [0.1, 0.15) is 5.75 Å². The lowest BCUT2D eigenvalue weighted by Gasteiger charge is -2.38. The average Bonchev–Trinajstić information content (AvgIpc) is 3.26. The molecule has 0 N–H and O–H groups in total. The van der Waals surface area contributed by atoms with Gasteiger partial charge in [-0.1, -0.05) is 38.9 Å². The third-order valence-electron chi connectivity index (χ3n) is 5.75. The molecule has 8 nitrogen and oxygen atoms in total. The van der Waals surface area contributed by atoms with Gasteiger partial charge < -0.3 is 14.3 Å². The second-order valence-corrected chi connectivity index (χ2v) is 9.26. The van der Waals surface area contributed by atoms with Crippen molar-refractivity contribution in [1.82, 2.24) is 20.2 Å². The fraction of sp³-hybridized carbons (Fsp3) is 0.680. The van der Waals surface area contributed by atoms with E-state index in [1.165, 1.54) is 72.8 Å². The van der Waals surface area contributed by atoms with Gasteiger partial charge in [-0.2, -0.15) is 0 Å². The number of thioether (sulfide) groups is 1. The van der Waals surface area contributed by atoms with Crippen molar-refractivity contribution in [3.05, 3.63) is 23.3 Å². The minimum atomic E-state index is -0.424. The number of quaternary nitrogens is 1. The molecule has 0 spiro atoms. The molecule has 1 heterocycles. The molecular weight excluding hydrogens is 448 g/mol. The molecule has 0 fully saturated rings.